The monoisotopic (exact) mass is 481 g/mol. The maximum atomic E-state index is 13.6. The summed E-state index contributed by atoms with van der Waals surface area (Å²) in [5.41, 5.74) is 1.24. The Hall–Kier alpha value is -3.79. The molecule has 9 nitrogen and oxygen atoms in total. The number of esters is 1. The molecule has 0 spiro atoms. The zero-order valence-corrected chi connectivity index (χ0v) is 20.0. The van der Waals surface area contributed by atoms with Gasteiger partial charge in [0.05, 0.1) is 28.5 Å². The number of thiazole rings is 1. The number of carbonyl (C=O) groups is 1. The summed E-state index contributed by atoms with van der Waals surface area (Å²) in [7, 11) is 3.75. The molecule has 1 unspecified atom stereocenters. The molecule has 1 atom stereocenters. The van der Waals surface area contributed by atoms with Gasteiger partial charge < -0.3 is 23.5 Å². The number of hydrogen-bond donors (Lipinski definition) is 0. The van der Waals surface area contributed by atoms with Gasteiger partial charge in [0.1, 0.15) is 5.76 Å². The van der Waals surface area contributed by atoms with Crippen molar-refractivity contribution >= 4 is 29.3 Å². The van der Waals surface area contributed by atoms with Gasteiger partial charge in [0.15, 0.2) is 22.2 Å². The maximum absolute atomic E-state index is 13.6. The van der Waals surface area contributed by atoms with Crippen LogP contribution in [0.4, 0.5) is 5.88 Å². The second kappa shape index (κ2) is 8.53. The summed E-state index contributed by atoms with van der Waals surface area (Å²) in [6.45, 7) is 3.82. The number of ether oxygens (including phenoxy) is 3. The summed E-state index contributed by atoms with van der Waals surface area (Å²) >= 11 is 1.24. The first-order valence-corrected chi connectivity index (χ1v) is 11.6. The molecule has 0 saturated carbocycles. The van der Waals surface area contributed by atoms with Crippen LogP contribution in [0.1, 0.15) is 31.2 Å². The van der Waals surface area contributed by atoms with Crippen LogP contribution in [0.15, 0.2) is 55.8 Å². The number of rotatable bonds is 5. The summed E-state index contributed by atoms with van der Waals surface area (Å²) in [4.78, 5) is 33.5. The van der Waals surface area contributed by atoms with Crippen molar-refractivity contribution in [1.29, 1.82) is 0 Å². The Bertz CT molecular complexity index is 1490. The third kappa shape index (κ3) is 3.69. The van der Waals surface area contributed by atoms with Crippen molar-refractivity contribution in [3.05, 3.63) is 72.6 Å². The van der Waals surface area contributed by atoms with Crippen molar-refractivity contribution in [2.45, 2.75) is 19.9 Å². The molecule has 10 heteroatoms. The number of hydrogen-bond acceptors (Lipinski definition) is 9. The van der Waals surface area contributed by atoms with E-state index < -0.39 is 12.0 Å². The zero-order valence-electron chi connectivity index (χ0n) is 19.2. The fourth-order valence-electron chi connectivity index (χ4n) is 3.98. The average Bonchev–Trinajstić information content (AvgIpc) is 3.52. The molecule has 3 aromatic rings. The standard InChI is InChI=1S/C24H23N3O6S/c1-5-30-23(29)20-13(2)25-24-27(21(20)14-6-8-16-17(10-14)32-12-31-16)22(28)18(34-24)11-15-7-9-19(33-15)26(3)4/h6-11,21H,5,12H2,1-4H3/b18-11-. The topological polar surface area (TPSA) is 95.5 Å². The normalized spacial score (nSPS) is 16.9. The van der Waals surface area contributed by atoms with Gasteiger partial charge in [-0.15, -0.1) is 0 Å². The van der Waals surface area contributed by atoms with E-state index in [1.54, 1.807) is 38.1 Å². The highest BCUT2D eigenvalue weighted by Gasteiger charge is 2.34. The molecule has 1 aromatic carbocycles. The number of nitrogens with zero attached hydrogens (tertiary/aromatic N) is 3. The molecule has 34 heavy (non-hydrogen) atoms. The number of allylic oxidation sites excluding steroid dienone is 1. The smallest absolute Gasteiger partial charge is 0.338 e. The van der Waals surface area contributed by atoms with Crippen LogP contribution in [0.3, 0.4) is 0 Å². The van der Waals surface area contributed by atoms with Crippen molar-refractivity contribution in [1.82, 2.24) is 4.57 Å². The van der Waals surface area contributed by atoms with Crippen LogP contribution in [0.25, 0.3) is 6.08 Å². The lowest BCUT2D eigenvalue weighted by molar-refractivity contribution is -0.139. The minimum atomic E-state index is -0.721. The predicted molar refractivity (Wildman–Crippen MR) is 126 cm³/mol. The van der Waals surface area contributed by atoms with Crippen molar-refractivity contribution in [2.75, 3.05) is 32.4 Å². The number of aromatic nitrogens is 1. The largest absolute Gasteiger partial charge is 0.463 e. The second-order valence-corrected chi connectivity index (χ2v) is 8.99. The quantitative estimate of drug-likeness (QED) is 0.516. The lowest BCUT2D eigenvalue weighted by Crippen LogP contribution is -2.39. The van der Waals surface area contributed by atoms with Gasteiger partial charge >= 0.3 is 5.97 Å². The third-order valence-electron chi connectivity index (χ3n) is 5.56. The van der Waals surface area contributed by atoms with Gasteiger partial charge in [0.25, 0.3) is 5.56 Å². The number of benzene rings is 1. The van der Waals surface area contributed by atoms with Crippen LogP contribution < -0.4 is 29.3 Å². The van der Waals surface area contributed by atoms with Gasteiger partial charge in [-0.1, -0.05) is 17.4 Å². The number of fused-ring (bicyclic) bond motifs is 2. The minimum absolute atomic E-state index is 0.124. The Kier molecular flexibility index (Phi) is 5.52. The van der Waals surface area contributed by atoms with E-state index in [0.29, 0.717) is 49.3 Å². The lowest BCUT2D eigenvalue weighted by Gasteiger charge is -2.24. The molecule has 0 saturated heterocycles. The van der Waals surface area contributed by atoms with Crippen molar-refractivity contribution in [3.8, 4) is 11.5 Å². The number of anilines is 1. The lowest BCUT2D eigenvalue weighted by atomic mass is 9.95. The van der Waals surface area contributed by atoms with Gasteiger partial charge in [0.2, 0.25) is 6.79 Å². The van der Waals surface area contributed by atoms with E-state index in [2.05, 4.69) is 4.99 Å². The van der Waals surface area contributed by atoms with Crippen molar-refractivity contribution in [2.24, 2.45) is 4.99 Å². The first-order chi connectivity index (χ1) is 16.4. The molecule has 0 radical (unpaired) electrons. The van der Waals surface area contributed by atoms with Crippen LogP contribution in [-0.2, 0) is 9.53 Å². The first-order valence-electron chi connectivity index (χ1n) is 10.7. The van der Waals surface area contributed by atoms with Gasteiger partial charge in [-0.2, -0.15) is 0 Å². The summed E-state index contributed by atoms with van der Waals surface area (Å²) in [6.07, 6.45) is 1.69. The Balaban J connectivity index is 1.70. The van der Waals surface area contributed by atoms with E-state index in [1.165, 1.54) is 15.9 Å². The Labute approximate surface area is 198 Å². The fourth-order valence-corrected chi connectivity index (χ4v) is 5.01. The van der Waals surface area contributed by atoms with Crippen LogP contribution in [-0.4, -0.2) is 38.0 Å². The molecule has 2 aromatic heterocycles. The Morgan fingerprint density at radius 1 is 1.26 bits per heavy atom. The minimum Gasteiger partial charge on any atom is -0.463 e. The van der Waals surface area contributed by atoms with Crippen LogP contribution in [0.5, 0.6) is 11.5 Å². The van der Waals surface area contributed by atoms with E-state index in [0.717, 1.165) is 0 Å². The van der Waals surface area contributed by atoms with E-state index >= 15 is 0 Å². The highest BCUT2D eigenvalue weighted by Crippen LogP contribution is 2.38. The molecule has 176 valence electrons. The molecule has 4 heterocycles. The molecule has 2 aliphatic heterocycles. The van der Waals surface area contributed by atoms with E-state index in [1.807, 2.05) is 31.1 Å². The maximum Gasteiger partial charge on any atom is 0.338 e. The molecule has 0 bridgehead atoms. The van der Waals surface area contributed by atoms with E-state index in [9.17, 15) is 9.59 Å². The summed E-state index contributed by atoms with van der Waals surface area (Å²) in [5, 5.41) is 0. The first kappa shape index (κ1) is 22.0. The molecular formula is C24H23N3O6S. The molecule has 0 aliphatic carbocycles. The second-order valence-electron chi connectivity index (χ2n) is 7.99. The summed E-state index contributed by atoms with van der Waals surface area (Å²) in [6, 6.07) is 8.30. The summed E-state index contributed by atoms with van der Waals surface area (Å²) in [5.74, 6) is 1.89. The Morgan fingerprint density at radius 3 is 2.79 bits per heavy atom. The highest BCUT2D eigenvalue weighted by molar-refractivity contribution is 7.07. The molecule has 2 aliphatic rings. The van der Waals surface area contributed by atoms with Crippen LogP contribution in [0, 0.1) is 0 Å². The van der Waals surface area contributed by atoms with Crippen LogP contribution >= 0.6 is 11.3 Å². The van der Waals surface area contributed by atoms with Crippen molar-refractivity contribution < 1.29 is 23.4 Å². The third-order valence-corrected chi connectivity index (χ3v) is 6.54. The molecule has 0 N–H and O–H groups in total. The molecule has 0 fully saturated rings. The average molecular weight is 482 g/mol. The molecule has 5 rings (SSSR count). The molecule has 0 amide bonds. The zero-order chi connectivity index (χ0) is 24.0. The van der Waals surface area contributed by atoms with Gasteiger partial charge in [-0.3, -0.25) is 9.36 Å². The number of furan rings is 1. The van der Waals surface area contributed by atoms with Crippen molar-refractivity contribution in [3.63, 3.8) is 0 Å². The van der Waals surface area contributed by atoms with Gasteiger partial charge in [0, 0.05) is 26.2 Å². The summed E-state index contributed by atoms with van der Waals surface area (Å²) < 4.78 is 24.1. The Morgan fingerprint density at radius 2 is 2.06 bits per heavy atom. The fraction of sp³-hybridized carbons (Fsp3) is 0.292. The highest BCUT2D eigenvalue weighted by atomic mass is 32.1. The van der Waals surface area contributed by atoms with Crippen LogP contribution in [0.2, 0.25) is 0 Å². The van der Waals surface area contributed by atoms with E-state index in [-0.39, 0.29) is 19.0 Å². The van der Waals surface area contributed by atoms with E-state index in [4.69, 9.17) is 18.6 Å². The molecular weight excluding hydrogens is 458 g/mol. The SMILES string of the molecule is CCOC(=O)C1=C(C)N=c2s/c(=C\c3ccc(N(C)C)o3)c(=O)n2C1c1ccc2c(c1)OCO2. The number of carbonyl (C=O) groups excluding carboxylic acids is 1. The van der Waals surface area contributed by atoms with Gasteiger partial charge in [-0.25, -0.2) is 9.79 Å². The van der Waals surface area contributed by atoms with Gasteiger partial charge in [-0.05, 0) is 37.6 Å². The predicted octanol–water partition coefficient (Wildman–Crippen LogP) is 2.19.